The van der Waals surface area contributed by atoms with Crippen molar-refractivity contribution in [3.8, 4) is 0 Å². The smallest absolute Gasteiger partial charge is 0.180 e. The second-order valence-electron chi connectivity index (χ2n) is 4.29. The van der Waals surface area contributed by atoms with Crippen molar-refractivity contribution in [1.29, 1.82) is 0 Å². The van der Waals surface area contributed by atoms with Crippen molar-refractivity contribution in [1.82, 2.24) is 0 Å². The minimum Gasteiger partial charge on any atom is -0.376 e. The summed E-state index contributed by atoms with van der Waals surface area (Å²) in [6.45, 7) is 11.1. The maximum atomic E-state index is 5.70. The molecule has 0 bridgehead atoms. The van der Waals surface area contributed by atoms with Gasteiger partial charge in [0.1, 0.15) is 0 Å². The molecule has 3 heteroatoms. The highest BCUT2D eigenvalue weighted by atomic mass is 16.7. The quantitative estimate of drug-likeness (QED) is 0.492. The van der Waals surface area contributed by atoms with Gasteiger partial charge in [-0.2, -0.15) is 0 Å². The van der Waals surface area contributed by atoms with E-state index in [1.165, 1.54) is 25.7 Å². The van der Waals surface area contributed by atoms with Gasteiger partial charge in [0.15, 0.2) is 6.29 Å². The molecule has 0 aliphatic rings. The van der Waals surface area contributed by atoms with Crippen molar-refractivity contribution in [3.05, 3.63) is 0 Å². The lowest BCUT2D eigenvalue weighted by molar-refractivity contribution is -0.169. The predicted molar refractivity (Wildman–Crippen MR) is 71.2 cm³/mol. The fraction of sp³-hybridized carbons (Fsp3) is 1.00. The molecule has 0 spiro atoms. The minimum absolute atomic E-state index is 0.200. The van der Waals surface area contributed by atoms with Gasteiger partial charge in [-0.1, -0.05) is 33.1 Å². The van der Waals surface area contributed by atoms with Crippen LogP contribution in [-0.4, -0.2) is 32.7 Å². The van der Waals surface area contributed by atoms with E-state index in [0.29, 0.717) is 25.7 Å². The summed E-state index contributed by atoms with van der Waals surface area (Å²) in [5.74, 6) is 0.679. The van der Waals surface area contributed by atoms with Crippen molar-refractivity contribution < 1.29 is 14.2 Å². The van der Waals surface area contributed by atoms with Crippen LogP contribution < -0.4 is 0 Å². The summed E-state index contributed by atoms with van der Waals surface area (Å²) in [4.78, 5) is 0. The van der Waals surface area contributed by atoms with Crippen LogP contribution in [0.4, 0.5) is 0 Å². The molecule has 0 rings (SSSR count). The number of hydrogen-bond acceptors (Lipinski definition) is 3. The normalized spacial score (nSPS) is 13.2. The molecule has 0 fully saturated rings. The summed E-state index contributed by atoms with van der Waals surface area (Å²) in [6, 6.07) is 0. The van der Waals surface area contributed by atoms with E-state index in [9.17, 15) is 0 Å². The summed E-state index contributed by atoms with van der Waals surface area (Å²) in [5.41, 5.74) is 0. The fourth-order valence-corrected chi connectivity index (χ4v) is 1.75. The van der Waals surface area contributed by atoms with Gasteiger partial charge in [0.25, 0.3) is 0 Å². The minimum atomic E-state index is -0.200. The highest BCUT2D eigenvalue weighted by Gasteiger charge is 2.10. The van der Waals surface area contributed by atoms with Crippen LogP contribution in [0.5, 0.6) is 0 Å². The van der Waals surface area contributed by atoms with Gasteiger partial charge >= 0.3 is 0 Å². The molecule has 0 aliphatic carbocycles. The fourth-order valence-electron chi connectivity index (χ4n) is 1.75. The first-order chi connectivity index (χ1) is 8.28. The summed E-state index contributed by atoms with van der Waals surface area (Å²) in [6.07, 6.45) is 4.81. The van der Waals surface area contributed by atoms with Gasteiger partial charge in [-0.25, -0.2) is 0 Å². The van der Waals surface area contributed by atoms with E-state index < -0.39 is 0 Å². The maximum absolute atomic E-state index is 5.70. The largest absolute Gasteiger partial charge is 0.376 e. The Morgan fingerprint density at radius 1 is 0.882 bits per heavy atom. The Hall–Kier alpha value is -0.120. The van der Waals surface area contributed by atoms with E-state index in [0.717, 1.165) is 6.61 Å². The van der Waals surface area contributed by atoms with Gasteiger partial charge in [-0.05, 0) is 26.2 Å². The second kappa shape index (κ2) is 12.3. The molecule has 1 atom stereocenters. The third kappa shape index (κ3) is 9.57. The number of ether oxygens (including phenoxy) is 3. The zero-order valence-electron chi connectivity index (χ0n) is 12.0. The molecule has 0 radical (unpaired) electrons. The monoisotopic (exact) mass is 246 g/mol. The van der Waals surface area contributed by atoms with Crippen LogP contribution in [0.3, 0.4) is 0 Å². The first-order valence-electron chi connectivity index (χ1n) is 7.09. The molecule has 0 aromatic carbocycles. The van der Waals surface area contributed by atoms with Crippen LogP contribution in [0.15, 0.2) is 0 Å². The Labute approximate surface area is 107 Å². The highest BCUT2D eigenvalue weighted by Crippen LogP contribution is 2.13. The number of rotatable bonds is 12. The van der Waals surface area contributed by atoms with Crippen molar-refractivity contribution >= 4 is 0 Å². The van der Waals surface area contributed by atoms with Crippen LogP contribution in [0.25, 0.3) is 0 Å². The molecular weight excluding hydrogens is 216 g/mol. The molecule has 0 aromatic heterocycles. The molecule has 0 saturated carbocycles. The Bertz CT molecular complexity index is 144. The second-order valence-corrected chi connectivity index (χ2v) is 4.29. The molecule has 0 amide bonds. The van der Waals surface area contributed by atoms with Crippen molar-refractivity contribution in [2.75, 3.05) is 26.4 Å². The van der Waals surface area contributed by atoms with Gasteiger partial charge in [-0.15, -0.1) is 0 Å². The van der Waals surface area contributed by atoms with E-state index >= 15 is 0 Å². The standard InChI is InChI=1S/C14H30O3/c1-5-9-10-13(6-2)11-15-12-14(16-7-3)17-8-4/h13-14H,5-12H2,1-4H3. The van der Waals surface area contributed by atoms with Crippen LogP contribution in [0, 0.1) is 5.92 Å². The molecule has 0 heterocycles. The maximum Gasteiger partial charge on any atom is 0.180 e. The van der Waals surface area contributed by atoms with Gasteiger partial charge < -0.3 is 14.2 Å². The molecule has 104 valence electrons. The molecule has 0 aliphatic heterocycles. The molecule has 1 unspecified atom stereocenters. The Morgan fingerprint density at radius 3 is 2.00 bits per heavy atom. The van der Waals surface area contributed by atoms with Crippen LogP contribution >= 0.6 is 0 Å². The van der Waals surface area contributed by atoms with Crippen molar-refractivity contribution in [2.45, 2.75) is 59.7 Å². The third-order valence-electron chi connectivity index (χ3n) is 2.86. The first-order valence-corrected chi connectivity index (χ1v) is 7.09. The number of hydrogen-bond donors (Lipinski definition) is 0. The lowest BCUT2D eigenvalue weighted by Gasteiger charge is -2.19. The molecular formula is C14H30O3. The van der Waals surface area contributed by atoms with Gasteiger partial charge in [-0.3, -0.25) is 0 Å². The lowest BCUT2D eigenvalue weighted by atomic mass is 10.0. The molecule has 0 aromatic rings. The third-order valence-corrected chi connectivity index (χ3v) is 2.86. The average molecular weight is 246 g/mol. The Balaban J connectivity index is 3.67. The summed E-state index contributed by atoms with van der Waals surface area (Å²) in [7, 11) is 0. The lowest BCUT2D eigenvalue weighted by Crippen LogP contribution is -2.25. The van der Waals surface area contributed by atoms with Gasteiger partial charge in [0.2, 0.25) is 0 Å². The zero-order chi connectivity index (χ0) is 12.9. The Morgan fingerprint density at radius 2 is 1.53 bits per heavy atom. The van der Waals surface area contributed by atoms with Crippen LogP contribution in [-0.2, 0) is 14.2 Å². The van der Waals surface area contributed by atoms with Gasteiger partial charge in [0.05, 0.1) is 6.61 Å². The van der Waals surface area contributed by atoms with Gasteiger partial charge in [0, 0.05) is 19.8 Å². The molecule has 0 saturated heterocycles. The van der Waals surface area contributed by atoms with Crippen LogP contribution in [0.1, 0.15) is 53.4 Å². The molecule has 0 N–H and O–H groups in total. The van der Waals surface area contributed by atoms with Crippen molar-refractivity contribution in [2.24, 2.45) is 5.92 Å². The SMILES string of the molecule is CCCCC(CC)COCC(OCC)OCC. The van der Waals surface area contributed by atoms with E-state index in [1.54, 1.807) is 0 Å². The Kier molecular flexibility index (Phi) is 12.3. The molecule has 17 heavy (non-hydrogen) atoms. The van der Waals surface area contributed by atoms with E-state index in [2.05, 4.69) is 13.8 Å². The summed E-state index contributed by atoms with van der Waals surface area (Å²) < 4.78 is 16.6. The van der Waals surface area contributed by atoms with E-state index in [-0.39, 0.29) is 6.29 Å². The number of unbranched alkanes of at least 4 members (excludes halogenated alkanes) is 1. The van der Waals surface area contributed by atoms with Crippen LogP contribution in [0.2, 0.25) is 0 Å². The zero-order valence-corrected chi connectivity index (χ0v) is 12.0. The predicted octanol–water partition coefficient (Wildman–Crippen LogP) is 3.62. The van der Waals surface area contributed by atoms with Crippen molar-refractivity contribution in [3.63, 3.8) is 0 Å². The summed E-state index contributed by atoms with van der Waals surface area (Å²) in [5, 5.41) is 0. The topological polar surface area (TPSA) is 27.7 Å². The first kappa shape index (κ1) is 16.9. The molecule has 3 nitrogen and oxygen atoms in total. The summed E-state index contributed by atoms with van der Waals surface area (Å²) >= 11 is 0. The van der Waals surface area contributed by atoms with E-state index in [1.807, 2.05) is 13.8 Å². The highest BCUT2D eigenvalue weighted by molar-refractivity contribution is 4.56. The van der Waals surface area contributed by atoms with E-state index in [4.69, 9.17) is 14.2 Å². The average Bonchev–Trinajstić information content (AvgIpc) is 2.34.